The molecule has 0 bridgehead atoms. The van der Waals surface area contributed by atoms with Crippen molar-refractivity contribution in [1.82, 2.24) is 9.88 Å². The zero-order valence-corrected chi connectivity index (χ0v) is 20.0. The smallest absolute Gasteiger partial charge is 0.347 e. The molecule has 2 heterocycles. The van der Waals surface area contributed by atoms with Crippen LogP contribution in [-0.4, -0.2) is 41.6 Å². The van der Waals surface area contributed by atoms with Gasteiger partial charge in [-0.2, -0.15) is 10.1 Å². The summed E-state index contributed by atoms with van der Waals surface area (Å²) in [6, 6.07) is 15.4. The molecular formula is C27H31N7O. The lowest BCUT2D eigenvalue weighted by Crippen LogP contribution is -2.41. The number of anilines is 2. The fourth-order valence-corrected chi connectivity index (χ4v) is 4.39. The third-order valence-corrected chi connectivity index (χ3v) is 6.13. The van der Waals surface area contributed by atoms with Crippen molar-refractivity contribution >= 4 is 40.7 Å². The molecule has 8 heteroatoms. The Hall–Kier alpha value is -4.04. The largest absolute Gasteiger partial charge is 0.387 e. The topological polar surface area (TPSA) is 99.2 Å². The summed E-state index contributed by atoms with van der Waals surface area (Å²) in [6.07, 6.45) is 9.18. The Kier molecular flexibility index (Phi) is 7.84. The fourth-order valence-electron chi connectivity index (χ4n) is 4.39. The normalized spacial score (nSPS) is 16.9. The van der Waals surface area contributed by atoms with Gasteiger partial charge in [0.1, 0.15) is 5.84 Å². The van der Waals surface area contributed by atoms with Crippen molar-refractivity contribution < 1.29 is 4.79 Å². The third-order valence-electron chi connectivity index (χ3n) is 6.13. The van der Waals surface area contributed by atoms with Crippen LogP contribution in [0.3, 0.4) is 0 Å². The second-order valence-corrected chi connectivity index (χ2v) is 8.58. The molecule has 0 saturated carbocycles. The SMILES string of the molecule is C=NN(/C=C\C)c1ccc(CN2CCCC(/C(N)=N/C(=O)Nc3cccc4cnccc34)C2)cc1. The predicted molar refractivity (Wildman–Crippen MR) is 144 cm³/mol. The predicted octanol–water partition coefficient (Wildman–Crippen LogP) is 4.99. The molecule has 2 amide bonds. The number of nitrogens with zero attached hydrogens (tertiary/aromatic N) is 5. The summed E-state index contributed by atoms with van der Waals surface area (Å²) < 4.78 is 0. The monoisotopic (exact) mass is 469 g/mol. The number of likely N-dealkylation sites (tertiary alicyclic amines) is 1. The Balaban J connectivity index is 1.37. The van der Waals surface area contributed by atoms with Gasteiger partial charge in [0, 0.05) is 55.1 Å². The highest BCUT2D eigenvalue weighted by molar-refractivity contribution is 6.05. The Morgan fingerprint density at radius 2 is 2.11 bits per heavy atom. The number of benzene rings is 2. The molecule has 180 valence electrons. The average molecular weight is 470 g/mol. The Bertz CT molecular complexity index is 1230. The first-order chi connectivity index (χ1) is 17.1. The number of hydrogen-bond donors (Lipinski definition) is 2. The third kappa shape index (κ3) is 6.10. The number of amides is 2. The number of urea groups is 1. The van der Waals surface area contributed by atoms with Gasteiger partial charge in [-0.05, 0) is 56.1 Å². The maximum atomic E-state index is 12.6. The number of hydrazone groups is 1. The highest BCUT2D eigenvalue weighted by Crippen LogP contribution is 2.23. The molecule has 0 aliphatic carbocycles. The van der Waals surface area contributed by atoms with Crippen molar-refractivity contribution in [2.75, 3.05) is 23.4 Å². The van der Waals surface area contributed by atoms with Crippen LogP contribution in [0.4, 0.5) is 16.2 Å². The van der Waals surface area contributed by atoms with Gasteiger partial charge in [-0.15, -0.1) is 0 Å². The van der Waals surface area contributed by atoms with E-state index in [1.165, 1.54) is 5.56 Å². The van der Waals surface area contributed by atoms with E-state index in [0.29, 0.717) is 11.5 Å². The lowest BCUT2D eigenvalue weighted by atomic mass is 9.96. The van der Waals surface area contributed by atoms with E-state index in [2.05, 4.69) is 44.1 Å². The minimum Gasteiger partial charge on any atom is -0.387 e. The number of nitrogens with one attached hydrogen (secondary N) is 1. The van der Waals surface area contributed by atoms with E-state index < -0.39 is 6.03 Å². The Morgan fingerprint density at radius 3 is 2.89 bits per heavy atom. The van der Waals surface area contributed by atoms with Crippen LogP contribution >= 0.6 is 0 Å². The van der Waals surface area contributed by atoms with Gasteiger partial charge in [0.2, 0.25) is 0 Å². The molecule has 35 heavy (non-hydrogen) atoms. The van der Waals surface area contributed by atoms with Crippen LogP contribution in [0.25, 0.3) is 10.8 Å². The lowest BCUT2D eigenvalue weighted by Gasteiger charge is -2.32. The van der Waals surface area contributed by atoms with Crippen molar-refractivity contribution in [2.24, 2.45) is 21.7 Å². The second kappa shape index (κ2) is 11.4. The molecule has 2 aromatic carbocycles. The van der Waals surface area contributed by atoms with Crippen molar-refractivity contribution in [2.45, 2.75) is 26.3 Å². The molecule has 8 nitrogen and oxygen atoms in total. The van der Waals surface area contributed by atoms with E-state index in [9.17, 15) is 4.79 Å². The van der Waals surface area contributed by atoms with Crippen LogP contribution in [0.5, 0.6) is 0 Å². The molecule has 3 aromatic rings. The summed E-state index contributed by atoms with van der Waals surface area (Å²) in [5, 5.41) is 10.5. The van der Waals surface area contributed by atoms with Gasteiger partial charge in [-0.1, -0.05) is 30.3 Å². The Labute approximate surface area is 205 Å². The quantitative estimate of drug-likeness (QED) is 0.288. The van der Waals surface area contributed by atoms with Crippen molar-refractivity contribution in [3.8, 4) is 0 Å². The minimum absolute atomic E-state index is 0.0423. The van der Waals surface area contributed by atoms with Crippen LogP contribution in [-0.2, 0) is 6.54 Å². The van der Waals surface area contributed by atoms with Crippen LogP contribution in [0.15, 0.2) is 83.3 Å². The summed E-state index contributed by atoms with van der Waals surface area (Å²) in [5.74, 6) is 0.421. The highest BCUT2D eigenvalue weighted by Gasteiger charge is 2.23. The van der Waals surface area contributed by atoms with Gasteiger partial charge in [-0.25, -0.2) is 9.80 Å². The number of rotatable bonds is 7. The first-order valence-electron chi connectivity index (χ1n) is 11.7. The van der Waals surface area contributed by atoms with Crippen molar-refractivity contribution in [1.29, 1.82) is 0 Å². The second-order valence-electron chi connectivity index (χ2n) is 8.58. The standard InChI is InChI=1S/C27H31N7O/c1-3-15-34(29-2)23-11-9-20(10-12-23)18-33-16-5-7-22(19-33)26(28)32-27(35)31-25-8-4-6-21-17-30-14-13-24(21)25/h3-4,6,8-15,17,22H,2,5,7,16,18-19H2,1H3,(H3,28,31,32,35)/b15-3-. The van der Waals surface area contributed by atoms with Gasteiger partial charge < -0.3 is 11.1 Å². The molecule has 1 aliphatic rings. The zero-order chi connectivity index (χ0) is 24.6. The van der Waals surface area contributed by atoms with Gasteiger partial charge in [0.25, 0.3) is 0 Å². The number of aliphatic imine (C=N–C) groups is 1. The van der Waals surface area contributed by atoms with E-state index in [1.54, 1.807) is 17.4 Å². The number of pyridine rings is 1. The lowest BCUT2D eigenvalue weighted by molar-refractivity contribution is 0.196. The number of allylic oxidation sites excluding steroid dienone is 1. The number of carbonyl (C=O) groups excluding carboxylic acids is 1. The molecule has 1 aliphatic heterocycles. The van der Waals surface area contributed by atoms with Gasteiger partial charge in [0.05, 0.1) is 11.4 Å². The average Bonchev–Trinajstić information content (AvgIpc) is 2.88. The Morgan fingerprint density at radius 1 is 1.29 bits per heavy atom. The maximum Gasteiger partial charge on any atom is 0.347 e. The number of fused-ring (bicyclic) bond motifs is 1. The van der Waals surface area contributed by atoms with E-state index >= 15 is 0 Å². The first-order valence-corrected chi connectivity index (χ1v) is 11.7. The van der Waals surface area contributed by atoms with Crippen molar-refractivity contribution in [3.05, 3.63) is 78.8 Å². The molecular weight excluding hydrogens is 438 g/mol. The number of piperidine rings is 1. The molecule has 1 fully saturated rings. The summed E-state index contributed by atoms with van der Waals surface area (Å²) in [5.41, 5.74) is 9.15. The summed E-state index contributed by atoms with van der Waals surface area (Å²) >= 11 is 0. The van der Waals surface area contributed by atoms with Gasteiger partial charge in [0.15, 0.2) is 0 Å². The van der Waals surface area contributed by atoms with Crippen LogP contribution in [0, 0.1) is 5.92 Å². The van der Waals surface area contributed by atoms with Crippen molar-refractivity contribution in [3.63, 3.8) is 0 Å². The molecule has 4 rings (SSSR count). The zero-order valence-electron chi connectivity index (χ0n) is 20.0. The van der Waals surface area contributed by atoms with Gasteiger partial charge in [-0.3, -0.25) is 9.88 Å². The van der Waals surface area contributed by atoms with Gasteiger partial charge >= 0.3 is 6.03 Å². The van der Waals surface area contributed by atoms with Crippen LogP contribution in [0.2, 0.25) is 0 Å². The van der Waals surface area contributed by atoms with Crippen LogP contribution < -0.4 is 16.1 Å². The fraction of sp³-hybridized carbons (Fsp3) is 0.259. The van der Waals surface area contributed by atoms with Crippen LogP contribution in [0.1, 0.15) is 25.3 Å². The maximum absolute atomic E-state index is 12.6. The van der Waals surface area contributed by atoms with E-state index in [1.807, 2.05) is 55.6 Å². The highest BCUT2D eigenvalue weighted by atomic mass is 16.2. The first kappa shape index (κ1) is 24.1. The number of nitrogens with two attached hydrogens (primary N) is 1. The summed E-state index contributed by atoms with van der Waals surface area (Å²) in [6.45, 7) is 8.12. The minimum atomic E-state index is -0.457. The number of hydrogen-bond acceptors (Lipinski definition) is 5. The molecule has 0 radical (unpaired) electrons. The van der Waals surface area contributed by atoms with E-state index in [0.717, 1.165) is 48.9 Å². The summed E-state index contributed by atoms with van der Waals surface area (Å²) in [7, 11) is 0. The molecule has 0 spiro atoms. The molecule has 1 saturated heterocycles. The molecule has 1 unspecified atom stereocenters. The molecule has 1 atom stereocenters. The number of aromatic nitrogens is 1. The number of amidine groups is 1. The molecule has 1 aromatic heterocycles. The summed E-state index contributed by atoms with van der Waals surface area (Å²) in [4.78, 5) is 23.3. The number of carbonyl (C=O) groups is 1. The molecule has 3 N–H and O–H groups in total. The van der Waals surface area contributed by atoms with E-state index in [-0.39, 0.29) is 5.92 Å². The van der Waals surface area contributed by atoms with E-state index in [4.69, 9.17) is 5.73 Å².